The number of fused-ring (bicyclic) bond motifs is 1. The highest BCUT2D eigenvalue weighted by molar-refractivity contribution is 5.84. The van der Waals surface area contributed by atoms with Gasteiger partial charge in [-0.1, -0.05) is 30.3 Å². The first-order valence-corrected chi connectivity index (χ1v) is 10.5. The smallest absolute Gasteiger partial charge is 0.159 e. The van der Waals surface area contributed by atoms with E-state index in [0.29, 0.717) is 25.2 Å². The molecule has 1 aromatic carbocycles. The Labute approximate surface area is 169 Å². The third-order valence-electron chi connectivity index (χ3n) is 5.87. The number of hydrogen-bond acceptors (Lipinski definition) is 4. The van der Waals surface area contributed by atoms with Crippen LogP contribution >= 0.6 is 0 Å². The van der Waals surface area contributed by atoms with E-state index in [1.807, 2.05) is 22.7 Å². The van der Waals surface area contributed by atoms with Crippen molar-refractivity contribution >= 4 is 11.4 Å². The van der Waals surface area contributed by atoms with E-state index in [0.717, 1.165) is 49.3 Å². The van der Waals surface area contributed by atoms with Crippen molar-refractivity contribution in [1.82, 2.24) is 19.5 Å². The van der Waals surface area contributed by atoms with E-state index in [-0.39, 0.29) is 11.7 Å². The van der Waals surface area contributed by atoms with Crippen LogP contribution in [0.5, 0.6) is 0 Å². The van der Waals surface area contributed by atoms with Gasteiger partial charge in [0.05, 0.1) is 12.1 Å². The molecule has 0 N–H and O–H groups in total. The van der Waals surface area contributed by atoms with Gasteiger partial charge in [-0.2, -0.15) is 5.10 Å². The van der Waals surface area contributed by atoms with E-state index in [2.05, 4.69) is 39.2 Å². The molecule has 1 atom stereocenters. The van der Waals surface area contributed by atoms with Crippen LogP contribution in [-0.2, 0) is 17.8 Å². The largest absolute Gasteiger partial charge is 0.299 e. The summed E-state index contributed by atoms with van der Waals surface area (Å²) >= 11 is 0. The summed E-state index contributed by atoms with van der Waals surface area (Å²) in [7, 11) is 0. The average Bonchev–Trinajstić information content (AvgIpc) is 3.49. The third-order valence-corrected chi connectivity index (χ3v) is 5.87. The quantitative estimate of drug-likeness (QED) is 0.639. The minimum atomic E-state index is -0.700. The lowest BCUT2D eigenvalue weighted by Gasteiger charge is -2.28. The van der Waals surface area contributed by atoms with Crippen LogP contribution in [0.4, 0.5) is 4.39 Å². The fourth-order valence-electron chi connectivity index (χ4n) is 4.13. The first-order valence-electron chi connectivity index (χ1n) is 10.5. The van der Waals surface area contributed by atoms with Gasteiger partial charge >= 0.3 is 0 Å². The third kappa shape index (κ3) is 4.08. The van der Waals surface area contributed by atoms with Gasteiger partial charge in [0.15, 0.2) is 11.5 Å². The van der Waals surface area contributed by atoms with Gasteiger partial charge in [0.25, 0.3) is 0 Å². The molecule has 0 radical (unpaired) electrons. The number of piperidine rings is 1. The second-order valence-corrected chi connectivity index (χ2v) is 8.30. The molecule has 2 fully saturated rings. The number of nitrogens with zero attached hydrogens (tertiary/aromatic N) is 4. The molecule has 2 aliphatic rings. The first-order chi connectivity index (χ1) is 14.2. The lowest BCUT2D eigenvalue weighted by atomic mass is 10.1. The minimum absolute atomic E-state index is 0.223. The minimum Gasteiger partial charge on any atom is -0.299 e. The molecular formula is C23H25FN4O. The monoisotopic (exact) mass is 392 g/mol. The highest BCUT2D eigenvalue weighted by Crippen LogP contribution is 2.31. The van der Waals surface area contributed by atoms with E-state index in [1.165, 1.54) is 5.56 Å². The first kappa shape index (κ1) is 18.4. The average molecular weight is 392 g/mol. The lowest BCUT2D eigenvalue weighted by Crippen LogP contribution is -2.35. The summed E-state index contributed by atoms with van der Waals surface area (Å²) in [6.07, 6.45) is 3.25. The van der Waals surface area contributed by atoms with Crippen LogP contribution in [0.3, 0.4) is 0 Å². The van der Waals surface area contributed by atoms with Gasteiger partial charge in [-0.15, -0.1) is 0 Å². The van der Waals surface area contributed by atoms with E-state index >= 15 is 0 Å². The number of rotatable bonds is 6. The highest BCUT2D eigenvalue weighted by atomic mass is 19.1. The number of pyridine rings is 1. The fourth-order valence-corrected chi connectivity index (χ4v) is 4.13. The molecule has 1 aliphatic carbocycles. The summed E-state index contributed by atoms with van der Waals surface area (Å²) in [5.74, 6) is 1.07. The number of hydrogen-bond donors (Lipinski definition) is 0. The molecule has 1 saturated heterocycles. The van der Waals surface area contributed by atoms with Crippen LogP contribution in [0.25, 0.3) is 16.9 Å². The normalized spacial score (nSPS) is 20.2. The SMILES string of the molecule is O=C(Cc1nc2cccc(-c3ccc(CN4CCCC(F)C4)cc3)n2n1)C1CC1. The molecule has 1 aliphatic heterocycles. The molecule has 5 rings (SSSR count). The van der Waals surface area contributed by atoms with Gasteiger partial charge in [-0.3, -0.25) is 9.69 Å². The van der Waals surface area contributed by atoms with E-state index < -0.39 is 6.17 Å². The van der Waals surface area contributed by atoms with Crippen molar-refractivity contribution in [3.63, 3.8) is 0 Å². The molecular weight excluding hydrogens is 367 g/mol. The van der Waals surface area contributed by atoms with Gasteiger partial charge in [0.1, 0.15) is 12.0 Å². The maximum atomic E-state index is 13.6. The van der Waals surface area contributed by atoms with Gasteiger partial charge < -0.3 is 0 Å². The second-order valence-electron chi connectivity index (χ2n) is 8.30. The maximum absolute atomic E-state index is 13.6. The summed E-state index contributed by atoms with van der Waals surface area (Å²) in [5, 5.41) is 4.60. The van der Waals surface area contributed by atoms with Crippen molar-refractivity contribution in [1.29, 1.82) is 0 Å². The highest BCUT2D eigenvalue weighted by Gasteiger charge is 2.30. The van der Waals surface area contributed by atoms with Gasteiger partial charge in [-0.25, -0.2) is 13.9 Å². The Morgan fingerprint density at radius 2 is 1.93 bits per heavy atom. The van der Waals surface area contributed by atoms with Gasteiger partial charge in [-0.05, 0) is 49.9 Å². The van der Waals surface area contributed by atoms with Crippen molar-refractivity contribution in [3.05, 3.63) is 53.9 Å². The number of benzene rings is 1. The van der Waals surface area contributed by atoms with Crippen molar-refractivity contribution in [2.24, 2.45) is 5.92 Å². The lowest BCUT2D eigenvalue weighted by molar-refractivity contribution is -0.119. The second kappa shape index (κ2) is 7.67. The number of Topliss-reactive ketones (excluding diaryl/α,β-unsaturated/α-hetero) is 1. The van der Waals surface area contributed by atoms with Crippen LogP contribution in [0, 0.1) is 5.92 Å². The molecule has 0 amide bonds. The molecule has 0 bridgehead atoms. The maximum Gasteiger partial charge on any atom is 0.159 e. The molecule has 3 heterocycles. The van der Waals surface area contributed by atoms with Crippen LogP contribution in [0.1, 0.15) is 37.1 Å². The fraction of sp³-hybridized carbons (Fsp3) is 0.435. The number of alkyl halides is 1. The summed E-state index contributed by atoms with van der Waals surface area (Å²) in [6.45, 7) is 2.27. The number of aromatic nitrogens is 3. The van der Waals surface area contributed by atoms with Crippen molar-refractivity contribution < 1.29 is 9.18 Å². The zero-order valence-electron chi connectivity index (χ0n) is 16.4. The molecule has 3 aromatic rings. The Morgan fingerprint density at radius 3 is 2.69 bits per heavy atom. The van der Waals surface area contributed by atoms with E-state index in [9.17, 15) is 9.18 Å². The summed E-state index contributed by atoms with van der Waals surface area (Å²) in [6, 6.07) is 14.3. The van der Waals surface area contributed by atoms with Crippen molar-refractivity contribution in [3.8, 4) is 11.3 Å². The predicted molar refractivity (Wildman–Crippen MR) is 109 cm³/mol. The van der Waals surface area contributed by atoms with Crippen molar-refractivity contribution in [2.45, 2.75) is 44.8 Å². The van der Waals surface area contributed by atoms with E-state index in [4.69, 9.17) is 0 Å². The Hall–Kier alpha value is -2.60. The standard InChI is InChI=1S/C23H25FN4O/c24-19-3-2-12-27(15-19)14-16-6-8-17(9-7-16)20-4-1-5-23-25-22(26-28(20)23)13-21(29)18-10-11-18/h1,4-9,18-19H,2-3,10-15H2. The Morgan fingerprint density at radius 1 is 1.10 bits per heavy atom. The molecule has 0 spiro atoms. The zero-order chi connectivity index (χ0) is 19.8. The summed E-state index contributed by atoms with van der Waals surface area (Å²) in [4.78, 5) is 18.8. The van der Waals surface area contributed by atoms with Gasteiger partial charge in [0, 0.05) is 24.6 Å². The van der Waals surface area contributed by atoms with Gasteiger partial charge in [0.2, 0.25) is 0 Å². The molecule has 5 nitrogen and oxygen atoms in total. The molecule has 1 unspecified atom stereocenters. The Bertz CT molecular complexity index is 1030. The number of likely N-dealkylation sites (tertiary alicyclic amines) is 1. The summed E-state index contributed by atoms with van der Waals surface area (Å²) in [5.41, 5.74) is 3.94. The topological polar surface area (TPSA) is 50.5 Å². The number of carbonyl (C=O) groups is 1. The number of halogens is 1. The summed E-state index contributed by atoms with van der Waals surface area (Å²) < 4.78 is 15.4. The van der Waals surface area contributed by atoms with E-state index in [1.54, 1.807) is 0 Å². The van der Waals surface area contributed by atoms with Crippen LogP contribution < -0.4 is 0 Å². The Kier molecular flexibility index (Phi) is 4.87. The molecule has 29 heavy (non-hydrogen) atoms. The van der Waals surface area contributed by atoms with Crippen LogP contribution in [0.15, 0.2) is 42.5 Å². The molecule has 6 heteroatoms. The zero-order valence-corrected chi connectivity index (χ0v) is 16.4. The number of ketones is 1. The molecule has 1 saturated carbocycles. The number of carbonyl (C=O) groups excluding carboxylic acids is 1. The van der Waals surface area contributed by atoms with Crippen LogP contribution in [-0.4, -0.2) is 44.5 Å². The Balaban J connectivity index is 1.35. The van der Waals surface area contributed by atoms with Crippen LogP contribution in [0.2, 0.25) is 0 Å². The molecule has 150 valence electrons. The predicted octanol–water partition coefficient (Wildman–Crippen LogP) is 3.85. The molecule has 2 aromatic heterocycles. The van der Waals surface area contributed by atoms with Crippen molar-refractivity contribution in [2.75, 3.05) is 13.1 Å².